The van der Waals surface area contributed by atoms with Crippen LogP contribution >= 0.6 is 0 Å². The van der Waals surface area contributed by atoms with Gasteiger partial charge in [-0.15, -0.1) is 0 Å². The molecule has 0 atom stereocenters. The van der Waals surface area contributed by atoms with E-state index < -0.39 is 5.56 Å². The normalized spacial score (nSPS) is 11.0. The number of carbonyl (C=O) groups is 1. The van der Waals surface area contributed by atoms with Crippen LogP contribution in [-0.2, 0) is 7.05 Å². The van der Waals surface area contributed by atoms with Gasteiger partial charge in [-0.25, -0.2) is 0 Å². The first kappa shape index (κ1) is 22.4. The van der Waals surface area contributed by atoms with Crippen LogP contribution in [-0.4, -0.2) is 22.1 Å². The fraction of sp³-hybridized carbons (Fsp3) is 0.360. The molecule has 0 aliphatic rings. The zero-order valence-electron chi connectivity index (χ0n) is 18.2. The molecule has 6 heteroatoms. The summed E-state index contributed by atoms with van der Waals surface area (Å²) in [6, 6.07) is 12.0. The zero-order valence-corrected chi connectivity index (χ0v) is 18.2. The maximum atomic E-state index is 12.8. The molecule has 1 heterocycles. The highest BCUT2D eigenvalue weighted by molar-refractivity contribution is 6.12. The van der Waals surface area contributed by atoms with E-state index in [-0.39, 0.29) is 23.0 Å². The lowest BCUT2D eigenvalue weighted by atomic mass is 10.00. The summed E-state index contributed by atoms with van der Waals surface area (Å²) in [5.41, 5.74) is 7.22. The third-order valence-corrected chi connectivity index (χ3v) is 5.50. The van der Waals surface area contributed by atoms with E-state index in [1.807, 2.05) is 6.07 Å². The lowest BCUT2D eigenvalue weighted by Gasteiger charge is -2.15. The Morgan fingerprint density at radius 3 is 2.42 bits per heavy atom. The molecule has 2 aromatic carbocycles. The highest BCUT2D eigenvalue weighted by Gasteiger charge is 2.20. The number of ketones is 1. The van der Waals surface area contributed by atoms with Gasteiger partial charge < -0.3 is 20.1 Å². The molecule has 0 amide bonds. The van der Waals surface area contributed by atoms with Gasteiger partial charge in [-0.3, -0.25) is 9.59 Å². The Kier molecular flexibility index (Phi) is 7.34. The molecular weight excluding hydrogens is 392 g/mol. The van der Waals surface area contributed by atoms with Gasteiger partial charge in [0.15, 0.2) is 11.5 Å². The lowest BCUT2D eigenvalue weighted by Crippen LogP contribution is -2.21. The predicted octanol–water partition coefficient (Wildman–Crippen LogP) is 4.80. The first-order valence-corrected chi connectivity index (χ1v) is 10.8. The van der Waals surface area contributed by atoms with E-state index in [0.717, 1.165) is 19.3 Å². The van der Waals surface area contributed by atoms with Crippen molar-refractivity contribution in [2.24, 2.45) is 7.05 Å². The maximum absolute atomic E-state index is 12.8. The monoisotopic (exact) mass is 422 g/mol. The van der Waals surface area contributed by atoms with Gasteiger partial charge in [0.1, 0.15) is 0 Å². The number of hydrogen-bond donors (Lipinski definition) is 2. The van der Waals surface area contributed by atoms with Crippen LogP contribution < -0.4 is 16.0 Å². The third-order valence-electron chi connectivity index (χ3n) is 5.50. The molecule has 0 spiro atoms. The first-order chi connectivity index (χ1) is 15.0. The van der Waals surface area contributed by atoms with Crippen molar-refractivity contribution >= 4 is 22.4 Å². The molecule has 6 nitrogen and oxygen atoms in total. The Hall–Kier alpha value is -3.28. The third kappa shape index (κ3) is 4.90. The molecule has 3 aromatic rings. The summed E-state index contributed by atoms with van der Waals surface area (Å²) in [4.78, 5) is 25.7. The number of carbonyl (C=O) groups excluding carboxylic acids is 1. The molecule has 0 bridgehead atoms. The van der Waals surface area contributed by atoms with E-state index in [1.165, 1.54) is 29.9 Å². The van der Waals surface area contributed by atoms with Crippen LogP contribution in [0, 0.1) is 0 Å². The average Bonchev–Trinajstić information content (AvgIpc) is 2.78. The van der Waals surface area contributed by atoms with Crippen LogP contribution in [0.15, 0.2) is 47.3 Å². The molecule has 0 aliphatic carbocycles. The van der Waals surface area contributed by atoms with Crippen molar-refractivity contribution in [1.29, 1.82) is 0 Å². The first-order valence-electron chi connectivity index (χ1n) is 10.8. The Balaban J connectivity index is 1.88. The number of benzene rings is 2. The highest BCUT2D eigenvalue weighted by atomic mass is 16.5. The van der Waals surface area contributed by atoms with E-state index in [2.05, 4.69) is 6.92 Å². The van der Waals surface area contributed by atoms with Gasteiger partial charge >= 0.3 is 0 Å². The summed E-state index contributed by atoms with van der Waals surface area (Å²) in [6.45, 7) is 2.53. The van der Waals surface area contributed by atoms with Crippen molar-refractivity contribution in [2.45, 2.75) is 45.4 Å². The van der Waals surface area contributed by atoms with Crippen molar-refractivity contribution in [3.8, 4) is 11.5 Å². The largest absolute Gasteiger partial charge is 0.504 e. The molecule has 3 N–H and O–H groups in total. The minimum absolute atomic E-state index is 0.0996. The van der Waals surface area contributed by atoms with Gasteiger partial charge in [-0.2, -0.15) is 0 Å². The van der Waals surface area contributed by atoms with E-state index in [4.69, 9.17) is 10.5 Å². The number of fused-ring (bicyclic) bond motifs is 1. The highest BCUT2D eigenvalue weighted by Crippen LogP contribution is 2.36. The standard InChI is InChI=1S/C25H30N2O4/c1-3-4-5-6-7-11-14-31-24-23(29)21-19(26)15-18(16-20(21)27(2)25(24)30)22(28)17-12-9-8-10-13-17/h8-10,12-13,15-16,29H,3-7,11,14,26H2,1-2H3. The van der Waals surface area contributed by atoms with Gasteiger partial charge in [-0.05, 0) is 18.6 Å². The number of rotatable bonds is 10. The predicted molar refractivity (Wildman–Crippen MR) is 124 cm³/mol. The molecule has 0 fully saturated rings. The number of nitrogens with zero attached hydrogens (tertiary/aromatic N) is 1. The average molecular weight is 423 g/mol. The number of unbranched alkanes of at least 4 members (excludes halogenated alkanes) is 5. The minimum atomic E-state index is -0.459. The van der Waals surface area contributed by atoms with Crippen molar-refractivity contribution in [2.75, 3.05) is 12.3 Å². The Morgan fingerprint density at radius 2 is 1.71 bits per heavy atom. The number of aromatic hydroxyl groups is 1. The number of aromatic nitrogens is 1. The molecule has 0 radical (unpaired) electrons. The van der Waals surface area contributed by atoms with Gasteiger partial charge in [0.2, 0.25) is 5.75 Å². The van der Waals surface area contributed by atoms with Crippen LogP contribution in [0.5, 0.6) is 11.5 Å². The Bertz CT molecular complexity index is 1120. The zero-order chi connectivity index (χ0) is 22.4. The SMILES string of the molecule is CCCCCCCCOc1c(O)c2c(N)cc(C(=O)c3ccccc3)cc2n(C)c1=O. The lowest BCUT2D eigenvalue weighted by molar-refractivity contribution is 0.103. The number of hydrogen-bond acceptors (Lipinski definition) is 5. The summed E-state index contributed by atoms with van der Waals surface area (Å²) in [7, 11) is 1.58. The number of nitrogen functional groups attached to an aromatic ring is 1. The summed E-state index contributed by atoms with van der Waals surface area (Å²) >= 11 is 0. The van der Waals surface area contributed by atoms with Crippen molar-refractivity contribution in [1.82, 2.24) is 4.57 Å². The van der Waals surface area contributed by atoms with Crippen molar-refractivity contribution < 1.29 is 14.6 Å². The second kappa shape index (κ2) is 10.2. The smallest absolute Gasteiger partial charge is 0.297 e. The van der Waals surface area contributed by atoms with Gasteiger partial charge in [0.25, 0.3) is 5.56 Å². The number of anilines is 1. The molecule has 31 heavy (non-hydrogen) atoms. The van der Waals surface area contributed by atoms with Crippen LogP contribution in [0.2, 0.25) is 0 Å². The molecular formula is C25H30N2O4. The van der Waals surface area contributed by atoms with E-state index in [9.17, 15) is 14.7 Å². The summed E-state index contributed by atoms with van der Waals surface area (Å²) < 4.78 is 7.02. The van der Waals surface area contributed by atoms with Crippen LogP contribution in [0.3, 0.4) is 0 Å². The summed E-state index contributed by atoms with van der Waals surface area (Å²) in [5, 5.41) is 11.1. The topological polar surface area (TPSA) is 94.6 Å². The summed E-state index contributed by atoms with van der Waals surface area (Å²) in [6.07, 6.45) is 6.56. The molecule has 0 saturated carbocycles. The number of aryl methyl sites for hydroxylation is 1. The number of nitrogens with two attached hydrogens (primary N) is 1. The maximum Gasteiger partial charge on any atom is 0.297 e. The second-order valence-corrected chi connectivity index (χ2v) is 7.81. The second-order valence-electron chi connectivity index (χ2n) is 7.81. The van der Waals surface area contributed by atoms with Crippen molar-refractivity contribution in [3.63, 3.8) is 0 Å². The Morgan fingerprint density at radius 1 is 1.03 bits per heavy atom. The number of ether oxygens (including phenoxy) is 1. The fourth-order valence-corrected chi connectivity index (χ4v) is 3.72. The molecule has 164 valence electrons. The minimum Gasteiger partial charge on any atom is -0.504 e. The van der Waals surface area contributed by atoms with Crippen molar-refractivity contribution in [3.05, 3.63) is 63.9 Å². The number of pyridine rings is 1. The van der Waals surface area contributed by atoms with E-state index in [1.54, 1.807) is 37.4 Å². The van der Waals surface area contributed by atoms with Gasteiger partial charge in [-0.1, -0.05) is 69.4 Å². The van der Waals surface area contributed by atoms with Gasteiger partial charge in [0, 0.05) is 23.9 Å². The van der Waals surface area contributed by atoms with Crippen LogP contribution in [0.25, 0.3) is 10.9 Å². The fourth-order valence-electron chi connectivity index (χ4n) is 3.72. The molecule has 1 aromatic heterocycles. The van der Waals surface area contributed by atoms with Gasteiger partial charge in [0.05, 0.1) is 17.5 Å². The van der Waals surface area contributed by atoms with E-state index >= 15 is 0 Å². The quantitative estimate of drug-likeness (QED) is 0.278. The van der Waals surface area contributed by atoms with Crippen LogP contribution in [0.4, 0.5) is 5.69 Å². The molecule has 3 rings (SSSR count). The van der Waals surface area contributed by atoms with E-state index in [0.29, 0.717) is 28.6 Å². The Labute approximate surface area is 182 Å². The van der Waals surface area contributed by atoms with Crippen LogP contribution in [0.1, 0.15) is 61.4 Å². The molecule has 0 unspecified atom stereocenters. The molecule has 0 saturated heterocycles. The summed E-state index contributed by atoms with van der Waals surface area (Å²) in [5.74, 6) is -0.581. The molecule has 0 aliphatic heterocycles.